The first-order chi connectivity index (χ1) is 11.1. The Bertz CT molecular complexity index is 789. The number of carbonyl (C=O) groups is 2. The van der Waals surface area contributed by atoms with Crippen LogP contribution in [0.1, 0.15) is 22.3 Å². The number of halogens is 2. The Morgan fingerprint density at radius 1 is 1.13 bits per heavy atom. The molecule has 4 nitrogen and oxygen atoms in total. The molecule has 0 fully saturated rings. The van der Waals surface area contributed by atoms with Crippen LogP contribution in [0.25, 0.3) is 0 Å². The van der Waals surface area contributed by atoms with Crippen LogP contribution in [0.4, 0.5) is 5.69 Å². The number of anilines is 1. The van der Waals surface area contributed by atoms with Crippen LogP contribution in [-0.2, 0) is 11.2 Å². The summed E-state index contributed by atoms with van der Waals surface area (Å²) in [4.78, 5) is 23.7. The number of nitrogens with one attached hydrogen (secondary N) is 1. The van der Waals surface area contributed by atoms with Crippen molar-refractivity contribution in [2.75, 3.05) is 11.9 Å². The fourth-order valence-electron chi connectivity index (χ4n) is 2.52. The van der Waals surface area contributed by atoms with Crippen molar-refractivity contribution in [2.45, 2.75) is 12.8 Å². The molecule has 23 heavy (non-hydrogen) atoms. The normalized spacial score (nSPS) is 12.9. The first kappa shape index (κ1) is 15.8. The lowest BCUT2D eigenvalue weighted by molar-refractivity contribution is -0.118. The second-order valence-corrected chi connectivity index (χ2v) is 5.93. The average Bonchev–Trinajstić information content (AvgIpc) is 2.92. The minimum Gasteiger partial charge on any atom is -0.483 e. The molecule has 2 aromatic rings. The quantitative estimate of drug-likeness (QED) is 0.902. The maximum atomic E-state index is 12.0. The minimum atomic E-state index is -0.351. The van der Waals surface area contributed by atoms with Gasteiger partial charge in [0.15, 0.2) is 12.4 Å². The molecule has 0 unspecified atom stereocenters. The number of benzene rings is 2. The summed E-state index contributed by atoms with van der Waals surface area (Å²) in [6, 6.07) is 10.3. The Morgan fingerprint density at radius 3 is 2.74 bits per heavy atom. The van der Waals surface area contributed by atoms with Gasteiger partial charge in [-0.3, -0.25) is 9.59 Å². The van der Waals surface area contributed by atoms with Crippen molar-refractivity contribution in [1.29, 1.82) is 0 Å². The molecule has 0 atom stereocenters. The third kappa shape index (κ3) is 3.33. The van der Waals surface area contributed by atoms with Gasteiger partial charge in [0.1, 0.15) is 5.75 Å². The largest absolute Gasteiger partial charge is 0.483 e. The van der Waals surface area contributed by atoms with E-state index in [-0.39, 0.29) is 23.3 Å². The van der Waals surface area contributed by atoms with E-state index < -0.39 is 0 Å². The maximum absolute atomic E-state index is 12.0. The van der Waals surface area contributed by atoms with E-state index in [9.17, 15) is 9.59 Å². The summed E-state index contributed by atoms with van der Waals surface area (Å²) >= 11 is 11.9. The molecule has 1 aliphatic carbocycles. The molecule has 0 saturated heterocycles. The zero-order valence-electron chi connectivity index (χ0n) is 12.1. The van der Waals surface area contributed by atoms with E-state index in [0.717, 1.165) is 5.56 Å². The molecule has 0 heterocycles. The van der Waals surface area contributed by atoms with Gasteiger partial charge < -0.3 is 10.1 Å². The van der Waals surface area contributed by atoms with Gasteiger partial charge in [0, 0.05) is 17.5 Å². The molecule has 0 bridgehead atoms. The lowest BCUT2D eigenvalue weighted by Gasteiger charge is -2.11. The predicted molar refractivity (Wildman–Crippen MR) is 89.7 cm³/mol. The summed E-state index contributed by atoms with van der Waals surface area (Å²) in [6.07, 6.45) is 1.13. The van der Waals surface area contributed by atoms with Gasteiger partial charge in [-0.05, 0) is 24.6 Å². The van der Waals surface area contributed by atoms with Crippen LogP contribution in [0.2, 0.25) is 10.0 Å². The number of hydrogen-bond donors (Lipinski definition) is 1. The third-order valence-corrected chi connectivity index (χ3v) is 4.44. The maximum Gasteiger partial charge on any atom is 0.262 e. The Morgan fingerprint density at radius 2 is 1.91 bits per heavy atom. The highest BCUT2D eigenvalue weighted by atomic mass is 35.5. The number of amides is 1. The van der Waals surface area contributed by atoms with Gasteiger partial charge in [-0.25, -0.2) is 0 Å². The monoisotopic (exact) mass is 349 g/mol. The lowest BCUT2D eigenvalue weighted by atomic mass is 10.1. The number of carbonyl (C=O) groups excluding carboxylic acids is 2. The molecule has 0 saturated carbocycles. The molecule has 6 heteroatoms. The molecular formula is C17H13Cl2NO3. The lowest BCUT2D eigenvalue weighted by Crippen LogP contribution is -2.20. The topological polar surface area (TPSA) is 55.4 Å². The van der Waals surface area contributed by atoms with Crippen molar-refractivity contribution in [3.05, 3.63) is 57.6 Å². The van der Waals surface area contributed by atoms with E-state index in [0.29, 0.717) is 34.9 Å². The number of ketones is 1. The SMILES string of the molecule is O=C(COc1cccc2c1CCC2=O)Nc1cccc(Cl)c1Cl. The van der Waals surface area contributed by atoms with Crippen LogP contribution >= 0.6 is 23.2 Å². The van der Waals surface area contributed by atoms with Crippen LogP contribution in [0.5, 0.6) is 5.75 Å². The molecule has 1 N–H and O–H groups in total. The van der Waals surface area contributed by atoms with Crippen LogP contribution in [0, 0.1) is 0 Å². The smallest absolute Gasteiger partial charge is 0.262 e. The van der Waals surface area contributed by atoms with Gasteiger partial charge in [-0.15, -0.1) is 0 Å². The Labute approximate surface area is 143 Å². The standard InChI is InChI=1S/C17H13Cl2NO3/c18-12-4-2-5-13(17(12)19)20-16(22)9-23-15-6-1-3-10-11(15)7-8-14(10)21/h1-6H,7-9H2,(H,20,22). The van der Waals surface area contributed by atoms with Gasteiger partial charge in [0.2, 0.25) is 0 Å². The molecule has 0 aliphatic heterocycles. The molecular weight excluding hydrogens is 337 g/mol. The summed E-state index contributed by atoms with van der Waals surface area (Å²) < 4.78 is 5.56. The van der Waals surface area contributed by atoms with Crippen LogP contribution < -0.4 is 10.1 Å². The van der Waals surface area contributed by atoms with Crippen molar-refractivity contribution in [1.82, 2.24) is 0 Å². The zero-order chi connectivity index (χ0) is 16.4. The Kier molecular flexibility index (Phi) is 4.55. The molecule has 3 rings (SSSR count). The highest BCUT2D eigenvalue weighted by molar-refractivity contribution is 6.44. The van der Waals surface area contributed by atoms with Crippen LogP contribution in [0.15, 0.2) is 36.4 Å². The molecule has 118 valence electrons. The molecule has 0 spiro atoms. The van der Waals surface area contributed by atoms with Crippen molar-refractivity contribution in [3.63, 3.8) is 0 Å². The van der Waals surface area contributed by atoms with Crippen molar-refractivity contribution in [3.8, 4) is 5.75 Å². The second kappa shape index (κ2) is 6.60. The predicted octanol–water partition coefficient (Wildman–Crippen LogP) is 4.14. The molecule has 1 aliphatic rings. The van der Waals surface area contributed by atoms with Crippen molar-refractivity contribution in [2.24, 2.45) is 0 Å². The van der Waals surface area contributed by atoms with Crippen molar-refractivity contribution < 1.29 is 14.3 Å². The fourth-order valence-corrected chi connectivity index (χ4v) is 2.87. The molecule has 0 radical (unpaired) electrons. The summed E-state index contributed by atoms with van der Waals surface area (Å²) in [7, 11) is 0. The summed E-state index contributed by atoms with van der Waals surface area (Å²) in [5, 5.41) is 3.30. The third-order valence-electron chi connectivity index (χ3n) is 3.62. The van der Waals surface area contributed by atoms with E-state index in [1.807, 2.05) is 0 Å². The molecule has 1 amide bonds. The number of ether oxygens (including phenoxy) is 1. The van der Waals surface area contributed by atoms with Gasteiger partial charge >= 0.3 is 0 Å². The first-order valence-electron chi connectivity index (χ1n) is 7.08. The fraction of sp³-hybridized carbons (Fsp3) is 0.176. The number of fused-ring (bicyclic) bond motifs is 1. The summed E-state index contributed by atoms with van der Waals surface area (Å²) in [6.45, 7) is -0.173. The highest BCUT2D eigenvalue weighted by Crippen LogP contribution is 2.31. The zero-order valence-corrected chi connectivity index (χ0v) is 13.6. The first-order valence-corrected chi connectivity index (χ1v) is 7.83. The Hall–Kier alpha value is -2.04. The van der Waals surface area contributed by atoms with Crippen LogP contribution in [0.3, 0.4) is 0 Å². The van der Waals surface area contributed by atoms with Gasteiger partial charge in [-0.2, -0.15) is 0 Å². The van der Waals surface area contributed by atoms with E-state index in [1.54, 1.807) is 36.4 Å². The summed E-state index contributed by atoms with van der Waals surface area (Å²) in [5.74, 6) is 0.331. The van der Waals surface area contributed by atoms with E-state index in [4.69, 9.17) is 27.9 Å². The minimum absolute atomic E-state index is 0.112. The number of Topliss-reactive ketones (excluding diaryl/α,β-unsaturated/α-hetero) is 1. The number of rotatable bonds is 4. The highest BCUT2D eigenvalue weighted by Gasteiger charge is 2.22. The molecule has 0 aromatic heterocycles. The molecule has 2 aromatic carbocycles. The van der Waals surface area contributed by atoms with Gasteiger partial charge in [-0.1, -0.05) is 41.4 Å². The van der Waals surface area contributed by atoms with E-state index in [2.05, 4.69) is 5.32 Å². The van der Waals surface area contributed by atoms with Gasteiger partial charge in [0.05, 0.1) is 15.7 Å². The van der Waals surface area contributed by atoms with Crippen molar-refractivity contribution >= 4 is 40.6 Å². The van der Waals surface area contributed by atoms with E-state index in [1.165, 1.54) is 0 Å². The second-order valence-electron chi connectivity index (χ2n) is 5.14. The Balaban J connectivity index is 1.66. The van der Waals surface area contributed by atoms with E-state index >= 15 is 0 Å². The number of hydrogen-bond acceptors (Lipinski definition) is 3. The summed E-state index contributed by atoms with van der Waals surface area (Å²) in [5.41, 5.74) is 1.98. The van der Waals surface area contributed by atoms with Gasteiger partial charge in [0.25, 0.3) is 5.91 Å². The average molecular weight is 350 g/mol. The van der Waals surface area contributed by atoms with Crippen LogP contribution in [-0.4, -0.2) is 18.3 Å².